The minimum absolute atomic E-state index is 0.0498. The number of hydrogen-bond donors (Lipinski definition) is 3. The van der Waals surface area contributed by atoms with Crippen molar-refractivity contribution in [2.24, 2.45) is 10.9 Å². The van der Waals surface area contributed by atoms with E-state index in [1.165, 1.54) is 18.5 Å². The van der Waals surface area contributed by atoms with E-state index in [1.54, 1.807) is 17.0 Å². The van der Waals surface area contributed by atoms with Gasteiger partial charge < -0.3 is 20.6 Å². The van der Waals surface area contributed by atoms with Crippen molar-refractivity contribution in [1.29, 1.82) is 5.41 Å². The van der Waals surface area contributed by atoms with E-state index in [1.807, 2.05) is 19.9 Å². The standard InChI is InChI=1S/C22H24ClN5O3/c1-13-3-6-18(25-8-7-24)17(9-13)22(31)28-12-15(5-4-14(28)2)20(29)27-19-10-16(23)11-26-21(19)30/h3,6-11,14-15,24H,4-5,12H2,1-2H3,(H,26,30)(H,27,29)/t14-,15?/m1/s1. The molecule has 2 amide bonds. The quantitative estimate of drug-likeness (QED) is 0.615. The van der Waals surface area contributed by atoms with Gasteiger partial charge in [-0.1, -0.05) is 23.2 Å². The number of carbonyl (C=O) groups is 2. The molecule has 1 aliphatic rings. The van der Waals surface area contributed by atoms with Crippen LogP contribution >= 0.6 is 11.6 Å². The number of anilines is 1. The Kier molecular flexibility index (Phi) is 7.02. The summed E-state index contributed by atoms with van der Waals surface area (Å²) in [5, 5.41) is 10.1. The van der Waals surface area contributed by atoms with E-state index < -0.39 is 11.5 Å². The molecular formula is C22H24ClN5O3. The molecule has 0 radical (unpaired) electrons. The zero-order valence-corrected chi connectivity index (χ0v) is 18.1. The number of hydrogen-bond acceptors (Lipinski definition) is 5. The highest BCUT2D eigenvalue weighted by atomic mass is 35.5. The van der Waals surface area contributed by atoms with Crippen LogP contribution in [0.25, 0.3) is 0 Å². The van der Waals surface area contributed by atoms with Crippen molar-refractivity contribution in [1.82, 2.24) is 9.88 Å². The third kappa shape index (κ3) is 5.27. The molecule has 1 aromatic carbocycles. The zero-order chi connectivity index (χ0) is 22.5. The van der Waals surface area contributed by atoms with Gasteiger partial charge in [0.15, 0.2) is 0 Å². The number of aromatic nitrogens is 1. The number of nitrogens with zero attached hydrogens (tertiary/aromatic N) is 2. The summed E-state index contributed by atoms with van der Waals surface area (Å²) in [4.78, 5) is 46.4. The zero-order valence-electron chi connectivity index (χ0n) is 17.3. The largest absolute Gasteiger partial charge is 0.335 e. The topological polar surface area (TPSA) is 118 Å². The molecule has 162 valence electrons. The maximum Gasteiger partial charge on any atom is 0.271 e. The van der Waals surface area contributed by atoms with Gasteiger partial charge in [0.2, 0.25) is 5.91 Å². The molecule has 1 saturated heterocycles. The first-order valence-corrected chi connectivity index (χ1v) is 10.3. The number of pyridine rings is 1. The maximum absolute atomic E-state index is 13.4. The first kappa shape index (κ1) is 22.4. The van der Waals surface area contributed by atoms with Gasteiger partial charge in [0, 0.05) is 31.2 Å². The number of likely N-dealkylation sites (tertiary alicyclic amines) is 1. The molecule has 1 fully saturated rings. The van der Waals surface area contributed by atoms with Crippen molar-refractivity contribution in [3.05, 3.63) is 57.0 Å². The molecule has 3 rings (SSSR count). The van der Waals surface area contributed by atoms with Crippen molar-refractivity contribution in [2.45, 2.75) is 32.7 Å². The molecular weight excluding hydrogens is 418 g/mol. The Morgan fingerprint density at radius 1 is 1.32 bits per heavy atom. The van der Waals surface area contributed by atoms with Gasteiger partial charge in [-0.2, -0.15) is 0 Å². The van der Waals surface area contributed by atoms with Crippen molar-refractivity contribution in [2.75, 3.05) is 11.9 Å². The highest BCUT2D eigenvalue weighted by Gasteiger charge is 2.34. The van der Waals surface area contributed by atoms with E-state index in [4.69, 9.17) is 17.0 Å². The van der Waals surface area contributed by atoms with E-state index >= 15 is 0 Å². The number of rotatable bonds is 5. The molecule has 0 aliphatic carbocycles. The van der Waals surface area contributed by atoms with Crippen LogP contribution in [0.5, 0.6) is 0 Å². The second-order valence-electron chi connectivity index (χ2n) is 7.60. The fraction of sp³-hybridized carbons (Fsp3) is 0.318. The molecule has 31 heavy (non-hydrogen) atoms. The van der Waals surface area contributed by atoms with Crippen LogP contribution in [0.4, 0.5) is 11.4 Å². The van der Waals surface area contributed by atoms with Gasteiger partial charge >= 0.3 is 0 Å². The number of benzene rings is 1. The molecule has 8 nitrogen and oxygen atoms in total. The minimum Gasteiger partial charge on any atom is -0.335 e. The molecule has 1 aliphatic heterocycles. The lowest BCUT2D eigenvalue weighted by atomic mass is 9.91. The number of H-pyrrole nitrogens is 1. The van der Waals surface area contributed by atoms with E-state index in [-0.39, 0.29) is 30.1 Å². The Morgan fingerprint density at radius 3 is 2.84 bits per heavy atom. The number of aliphatic imine (C=N–C) groups is 1. The number of piperidine rings is 1. The van der Waals surface area contributed by atoms with Crippen molar-refractivity contribution in [3.8, 4) is 0 Å². The first-order valence-electron chi connectivity index (χ1n) is 9.94. The second kappa shape index (κ2) is 9.70. The summed E-state index contributed by atoms with van der Waals surface area (Å²) in [7, 11) is 0. The Balaban J connectivity index is 1.82. The highest BCUT2D eigenvalue weighted by Crippen LogP contribution is 2.28. The number of halogens is 1. The third-order valence-electron chi connectivity index (χ3n) is 5.31. The monoisotopic (exact) mass is 441 g/mol. The predicted molar refractivity (Wildman–Crippen MR) is 122 cm³/mol. The number of amides is 2. The molecule has 9 heteroatoms. The van der Waals surface area contributed by atoms with Crippen molar-refractivity contribution in [3.63, 3.8) is 0 Å². The third-order valence-corrected chi connectivity index (χ3v) is 5.53. The second-order valence-corrected chi connectivity index (χ2v) is 8.03. The lowest BCUT2D eigenvalue weighted by molar-refractivity contribution is -0.121. The summed E-state index contributed by atoms with van der Waals surface area (Å²) in [6, 6.07) is 6.71. The van der Waals surface area contributed by atoms with Crippen LogP contribution in [0.3, 0.4) is 0 Å². The van der Waals surface area contributed by atoms with E-state index in [0.29, 0.717) is 29.1 Å². The van der Waals surface area contributed by atoms with E-state index in [0.717, 1.165) is 11.8 Å². The molecule has 1 aromatic heterocycles. The molecule has 0 bridgehead atoms. The van der Waals surface area contributed by atoms with Crippen LogP contribution in [-0.4, -0.2) is 46.7 Å². The summed E-state index contributed by atoms with van der Waals surface area (Å²) in [5.74, 6) is -1.01. The average Bonchev–Trinajstić information content (AvgIpc) is 2.75. The van der Waals surface area contributed by atoms with Crippen LogP contribution in [0.2, 0.25) is 5.02 Å². The molecule has 0 saturated carbocycles. The minimum atomic E-state index is -0.461. The Hall–Kier alpha value is -3.26. The maximum atomic E-state index is 13.4. The summed E-state index contributed by atoms with van der Waals surface area (Å²) in [5.41, 5.74) is 1.45. The molecule has 1 unspecified atom stereocenters. The van der Waals surface area contributed by atoms with Crippen LogP contribution < -0.4 is 10.9 Å². The van der Waals surface area contributed by atoms with Crippen molar-refractivity contribution < 1.29 is 9.59 Å². The lowest BCUT2D eigenvalue weighted by Crippen LogP contribution is -2.48. The molecule has 2 atom stereocenters. The van der Waals surface area contributed by atoms with Crippen LogP contribution in [0, 0.1) is 18.3 Å². The van der Waals surface area contributed by atoms with E-state index in [9.17, 15) is 14.4 Å². The molecule has 3 N–H and O–H groups in total. The number of carbonyl (C=O) groups excluding carboxylic acids is 2. The van der Waals surface area contributed by atoms with Gasteiger partial charge in [0.25, 0.3) is 11.5 Å². The van der Waals surface area contributed by atoms with Gasteiger partial charge in [-0.15, -0.1) is 0 Å². The Bertz CT molecular complexity index is 1090. The normalized spacial score (nSPS) is 18.7. The van der Waals surface area contributed by atoms with Gasteiger partial charge in [-0.05, 0) is 44.9 Å². The van der Waals surface area contributed by atoms with Gasteiger partial charge in [-0.3, -0.25) is 19.4 Å². The van der Waals surface area contributed by atoms with Gasteiger partial charge in [0.1, 0.15) is 5.69 Å². The molecule has 0 spiro atoms. The molecule has 2 aromatic rings. The summed E-state index contributed by atoms with van der Waals surface area (Å²) in [6.45, 7) is 4.06. The van der Waals surface area contributed by atoms with E-state index in [2.05, 4.69) is 15.3 Å². The van der Waals surface area contributed by atoms with Crippen molar-refractivity contribution >= 4 is 47.2 Å². The fourth-order valence-electron chi connectivity index (χ4n) is 3.59. The fourth-order valence-corrected chi connectivity index (χ4v) is 3.76. The molecule has 2 heterocycles. The lowest BCUT2D eigenvalue weighted by Gasteiger charge is -2.37. The number of aryl methyl sites for hydroxylation is 1. The summed E-state index contributed by atoms with van der Waals surface area (Å²) < 4.78 is 0. The smallest absolute Gasteiger partial charge is 0.271 e. The number of aromatic amines is 1. The van der Waals surface area contributed by atoms with Gasteiger partial charge in [-0.25, -0.2) is 0 Å². The highest BCUT2D eigenvalue weighted by molar-refractivity contribution is 6.30. The summed E-state index contributed by atoms with van der Waals surface area (Å²) in [6.07, 6.45) is 4.97. The first-order chi connectivity index (χ1) is 14.8. The SMILES string of the molecule is Cc1ccc(N=CC=N)c(C(=O)N2CC(C(=O)Nc3cc(Cl)c[nH]c3=O)CC[C@H]2C)c1. The van der Waals surface area contributed by atoms with Crippen LogP contribution in [0.15, 0.2) is 40.2 Å². The Labute approximate surface area is 184 Å². The van der Waals surface area contributed by atoms with Crippen LogP contribution in [0.1, 0.15) is 35.7 Å². The number of nitrogens with one attached hydrogen (secondary N) is 3. The predicted octanol–water partition coefficient (Wildman–Crippen LogP) is 3.57. The summed E-state index contributed by atoms with van der Waals surface area (Å²) >= 11 is 5.90. The van der Waals surface area contributed by atoms with Gasteiger partial charge in [0.05, 0.1) is 22.2 Å². The Morgan fingerprint density at radius 2 is 2.10 bits per heavy atom. The van der Waals surface area contributed by atoms with Crippen LogP contribution in [-0.2, 0) is 4.79 Å². The average molecular weight is 442 g/mol.